The lowest BCUT2D eigenvalue weighted by Gasteiger charge is -2.25. The molecule has 0 unspecified atom stereocenters. The van der Waals surface area contributed by atoms with Crippen LogP contribution in [0.3, 0.4) is 0 Å². The number of nitro benzene ring substituents is 1. The van der Waals surface area contributed by atoms with E-state index < -0.39 is 4.92 Å². The Bertz CT molecular complexity index is 784. The minimum atomic E-state index is -0.507. The average Bonchev–Trinajstić information content (AvgIpc) is 2.55. The maximum atomic E-state index is 13.1. The standard InChI is InChI=1S/C17H17ClFN3O2S/c1-10(2)16(11-3-5-12(19)6-4-11)21-17(25)20-15-9-13(22(23)24)7-8-14(15)18/h3-10,16H,1-2H3,(H2,20,21,25)/t16-/m1/s1. The third-order valence-corrected chi connectivity index (χ3v) is 4.14. The number of thiocarbonyl (C=S) groups is 1. The molecular weight excluding hydrogens is 365 g/mol. The summed E-state index contributed by atoms with van der Waals surface area (Å²) < 4.78 is 13.1. The van der Waals surface area contributed by atoms with Gasteiger partial charge in [0.25, 0.3) is 5.69 Å². The number of anilines is 1. The molecule has 0 aliphatic rings. The number of hydrogen-bond donors (Lipinski definition) is 2. The van der Waals surface area contributed by atoms with Gasteiger partial charge in [0.15, 0.2) is 5.11 Å². The van der Waals surface area contributed by atoms with Gasteiger partial charge in [-0.05, 0) is 41.9 Å². The predicted molar refractivity (Wildman–Crippen MR) is 101 cm³/mol. The molecule has 0 aliphatic heterocycles. The van der Waals surface area contributed by atoms with Gasteiger partial charge < -0.3 is 10.6 Å². The number of hydrogen-bond acceptors (Lipinski definition) is 3. The molecule has 0 aromatic heterocycles. The van der Waals surface area contributed by atoms with Crippen LogP contribution >= 0.6 is 23.8 Å². The maximum Gasteiger partial charge on any atom is 0.271 e. The summed E-state index contributed by atoms with van der Waals surface area (Å²) in [5, 5.41) is 17.5. The second-order valence-corrected chi connectivity index (χ2v) is 6.61. The van der Waals surface area contributed by atoms with Gasteiger partial charge in [0.1, 0.15) is 5.82 Å². The van der Waals surface area contributed by atoms with Crippen molar-refractivity contribution in [2.24, 2.45) is 5.92 Å². The van der Waals surface area contributed by atoms with Crippen LogP contribution in [0.2, 0.25) is 5.02 Å². The van der Waals surface area contributed by atoms with Gasteiger partial charge in [0.2, 0.25) is 0 Å². The molecule has 0 fully saturated rings. The second-order valence-electron chi connectivity index (χ2n) is 5.79. The highest BCUT2D eigenvalue weighted by Crippen LogP contribution is 2.27. The van der Waals surface area contributed by atoms with Crippen LogP contribution in [0.5, 0.6) is 0 Å². The third-order valence-electron chi connectivity index (χ3n) is 3.59. The smallest absolute Gasteiger partial charge is 0.271 e. The number of nitro groups is 1. The Labute approximate surface area is 155 Å². The number of nitrogens with one attached hydrogen (secondary N) is 2. The fourth-order valence-electron chi connectivity index (χ4n) is 2.33. The first-order chi connectivity index (χ1) is 11.8. The van der Waals surface area contributed by atoms with E-state index in [4.69, 9.17) is 23.8 Å². The summed E-state index contributed by atoms with van der Waals surface area (Å²) in [6.07, 6.45) is 0. The molecule has 8 heteroatoms. The lowest BCUT2D eigenvalue weighted by atomic mass is 9.96. The Balaban J connectivity index is 2.16. The van der Waals surface area contributed by atoms with Crippen molar-refractivity contribution in [3.8, 4) is 0 Å². The van der Waals surface area contributed by atoms with Crippen molar-refractivity contribution in [2.75, 3.05) is 5.32 Å². The Kier molecular flexibility index (Phi) is 6.27. The van der Waals surface area contributed by atoms with E-state index in [0.29, 0.717) is 10.7 Å². The molecule has 0 saturated heterocycles. The van der Waals surface area contributed by atoms with Crippen molar-refractivity contribution in [1.29, 1.82) is 0 Å². The first-order valence-corrected chi connectivity index (χ1v) is 8.33. The highest BCUT2D eigenvalue weighted by Gasteiger charge is 2.18. The van der Waals surface area contributed by atoms with Crippen LogP contribution in [0.25, 0.3) is 0 Å². The molecule has 0 saturated carbocycles. The number of non-ortho nitro benzene ring substituents is 1. The van der Waals surface area contributed by atoms with Crippen LogP contribution in [-0.2, 0) is 0 Å². The minimum Gasteiger partial charge on any atom is -0.355 e. The van der Waals surface area contributed by atoms with E-state index >= 15 is 0 Å². The normalized spacial score (nSPS) is 11.9. The second kappa shape index (κ2) is 8.22. The van der Waals surface area contributed by atoms with Crippen molar-refractivity contribution in [2.45, 2.75) is 19.9 Å². The molecule has 0 radical (unpaired) electrons. The molecule has 132 valence electrons. The van der Waals surface area contributed by atoms with Crippen LogP contribution in [0, 0.1) is 21.8 Å². The van der Waals surface area contributed by atoms with Crippen LogP contribution in [0.4, 0.5) is 15.8 Å². The number of rotatable bonds is 5. The Morgan fingerprint density at radius 2 is 1.88 bits per heavy atom. The maximum absolute atomic E-state index is 13.1. The third kappa shape index (κ3) is 5.11. The number of nitrogens with zero attached hydrogens (tertiary/aromatic N) is 1. The highest BCUT2D eigenvalue weighted by atomic mass is 35.5. The van der Waals surface area contributed by atoms with Gasteiger partial charge in [-0.15, -0.1) is 0 Å². The van der Waals surface area contributed by atoms with Gasteiger partial charge in [-0.25, -0.2) is 4.39 Å². The Morgan fingerprint density at radius 1 is 1.24 bits per heavy atom. The molecule has 2 aromatic carbocycles. The summed E-state index contributed by atoms with van der Waals surface area (Å²) in [7, 11) is 0. The van der Waals surface area contributed by atoms with Gasteiger partial charge in [-0.3, -0.25) is 10.1 Å². The van der Waals surface area contributed by atoms with E-state index in [9.17, 15) is 14.5 Å². The van der Waals surface area contributed by atoms with Gasteiger partial charge >= 0.3 is 0 Å². The van der Waals surface area contributed by atoms with Crippen LogP contribution in [0.15, 0.2) is 42.5 Å². The molecule has 25 heavy (non-hydrogen) atoms. The van der Waals surface area contributed by atoms with E-state index in [1.165, 1.54) is 30.3 Å². The predicted octanol–water partition coefficient (Wildman–Crippen LogP) is 5.07. The van der Waals surface area contributed by atoms with Gasteiger partial charge in [0.05, 0.1) is 21.7 Å². The molecule has 2 aromatic rings. The molecule has 2 rings (SSSR count). The van der Waals surface area contributed by atoms with Crippen molar-refractivity contribution in [1.82, 2.24) is 5.32 Å². The lowest BCUT2D eigenvalue weighted by molar-refractivity contribution is -0.384. The summed E-state index contributed by atoms with van der Waals surface area (Å²) in [5.74, 6) is -0.138. The molecule has 0 heterocycles. The Hall–Kier alpha value is -2.25. The summed E-state index contributed by atoms with van der Waals surface area (Å²) in [6.45, 7) is 4.01. The minimum absolute atomic E-state index is 0.0892. The summed E-state index contributed by atoms with van der Waals surface area (Å²) >= 11 is 11.4. The van der Waals surface area contributed by atoms with Crippen molar-refractivity contribution < 1.29 is 9.31 Å². The van der Waals surface area contributed by atoms with E-state index in [2.05, 4.69) is 10.6 Å². The monoisotopic (exact) mass is 381 g/mol. The zero-order valence-corrected chi connectivity index (χ0v) is 15.2. The number of benzene rings is 2. The van der Waals surface area contributed by atoms with E-state index in [1.807, 2.05) is 13.8 Å². The SMILES string of the molecule is CC(C)[C@@H](NC(=S)Nc1cc([N+](=O)[O-])ccc1Cl)c1ccc(F)cc1. The molecule has 0 amide bonds. The fraction of sp³-hybridized carbons (Fsp3) is 0.235. The quantitative estimate of drug-likeness (QED) is 0.430. The van der Waals surface area contributed by atoms with Crippen molar-refractivity contribution in [3.05, 3.63) is 69.0 Å². The van der Waals surface area contributed by atoms with E-state index in [0.717, 1.165) is 5.56 Å². The summed E-state index contributed by atoms with van der Waals surface area (Å²) in [5.41, 5.74) is 1.13. The summed E-state index contributed by atoms with van der Waals surface area (Å²) in [4.78, 5) is 10.4. The van der Waals surface area contributed by atoms with Gasteiger partial charge in [-0.2, -0.15) is 0 Å². The van der Waals surface area contributed by atoms with Crippen molar-refractivity contribution in [3.63, 3.8) is 0 Å². The molecular formula is C17H17ClFN3O2S. The summed E-state index contributed by atoms with van der Waals surface area (Å²) in [6, 6.07) is 10.1. The molecule has 1 atom stereocenters. The molecule has 2 N–H and O–H groups in total. The molecule has 0 spiro atoms. The zero-order chi connectivity index (χ0) is 18.6. The highest BCUT2D eigenvalue weighted by molar-refractivity contribution is 7.80. The van der Waals surface area contributed by atoms with Gasteiger partial charge in [-0.1, -0.05) is 37.6 Å². The van der Waals surface area contributed by atoms with E-state index in [1.54, 1.807) is 12.1 Å². The largest absolute Gasteiger partial charge is 0.355 e. The van der Waals surface area contributed by atoms with Crippen LogP contribution in [0.1, 0.15) is 25.5 Å². The zero-order valence-electron chi connectivity index (χ0n) is 13.6. The lowest BCUT2D eigenvalue weighted by Crippen LogP contribution is -2.35. The van der Waals surface area contributed by atoms with E-state index in [-0.39, 0.29) is 28.6 Å². The average molecular weight is 382 g/mol. The Morgan fingerprint density at radius 3 is 2.44 bits per heavy atom. The first kappa shape index (κ1) is 19.1. The molecule has 0 bridgehead atoms. The molecule has 0 aliphatic carbocycles. The first-order valence-electron chi connectivity index (χ1n) is 7.55. The molecule has 5 nitrogen and oxygen atoms in total. The fourth-order valence-corrected chi connectivity index (χ4v) is 2.73. The van der Waals surface area contributed by atoms with Crippen molar-refractivity contribution >= 4 is 40.3 Å². The van der Waals surface area contributed by atoms with Crippen LogP contribution < -0.4 is 10.6 Å². The topological polar surface area (TPSA) is 67.2 Å². The van der Waals surface area contributed by atoms with Gasteiger partial charge in [0, 0.05) is 12.1 Å². The van der Waals surface area contributed by atoms with Crippen LogP contribution in [-0.4, -0.2) is 10.0 Å². The number of halogens is 2.